The van der Waals surface area contributed by atoms with Crippen molar-refractivity contribution in [2.75, 3.05) is 14.1 Å². The minimum Gasteiger partial charge on any atom is -0.316 e. The van der Waals surface area contributed by atoms with Gasteiger partial charge in [0, 0.05) is 31.0 Å². The van der Waals surface area contributed by atoms with Crippen LogP contribution in [0.5, 0.6) is 0 Å². The summed E-state index contributed by atoms with van der Waals surface area (Å²) in [6.07, 6.45) is 3.69. The number of rotatable bonds is 5. The molecule has 0 fully saturated rings. The SMILES string of the molecule is CNC(C)C(C)N(C)Cc1ccncc1. The Morgan fingerprint density at radius 2 is 1.93 bits per heavy atom. The van der Waals surface area contributed by atoms with Crippen LogP contribution in [-0.2, 0) is 6.54 Å². The summed E-state index contributed by atoms with van der Waals surface area (Å²) in [5, 5.41) is 3.28. The second-order valence-electron chi connectivity index (χ2n) is 4.09. The van der Waals surface area contributed by atoms with Crippen LogP contribution in [0.25, 0.3) is 0 Å². The van der Waals surface area contributed by atoms with Crippen LogP contribution in [0.3, 0.4) is 0 Å². The number of hydrogen-bond acceptors (Lipinski definition) is 3. The molecule has 0 saturated heterocycles. The third-order valence-corrected chi connectivity index (χ3v) is 3.06. The van der Waals surface area contributed by atoms with Crippen LogP contribution in [0.15, 0.2) is 24.5 Å². The highest BCUT2D eigenvalue weighted by Gasteiger charge is 2.14. The Morgan fingerprint density at radius 3 is 2.47 bits per heavy atom. The fourth-order valence-electron chi connectivity index (χ4n) is 1.54. The second kappa shape index (κ2) is 5.83. The predicted octanol–water partition coefficient (Wildman–Crippen LogP) is 1.51. The molecule has 0 spiro atoms. The van der Waals surface area contributed by atoms with E-state index in [1.807, 2.05) is 19.4 Å². The van der Waals surface area contributed by atoms with Gasteiger partial charge in [-0.2, -0.15) is 0 Å². The van der Waals surface area contributed by atoms with Crippen LogP contribution in [0.2, 0.25) is 0 Å². The van der Waals surface area contributed by atoms with Crippen molar-refractivity contribution < 1.29 is 0 Å². The van der Waals surface area contributed by atoms with Gasteiger partial charge in [0.25, 0.3) is 0 Å². The van der Waals surface area contributed by atoms with E-state index in [0.29, 0.717) is 12.1 Å². The van der Waals surface area contributed by atoms with Gasteiger partial charge in [0.15, 0.2) is 0 Å². The molecule has 3 heteroatoms. The Kier molecular flexibility index (Phi) is 4.72. The lowest BCUT2D eigenvalue weighted by atomic mass is 10.1. The van der Waals surface area contributed by atoms with E-state index in [1.54, 1.807) is 0 Å². The summed E-state index contributed by atoms with van der Waals surface area (Å²) in [5.74, 6) is 0. The molecule has 0 radical (unpaired) electrons. The number of hydrogen-bond donors (Lipinski definition) is 1. The van der Waals surface area contributed by atoms with Gasteiger partial charge < -0.3 is 5.32 Å². The summed E-state index contributed by atoms with van der Waals surface area (Å²) >= 11 is 0. The topological polar surface area (TPSA) is 28.2 Å². The lowest BCUT2D eigenvalue weighted by Crippen LogP contribution is -2.43. The van der Waals surface area contributed by atoms with Crippen molar-refractivity contribution in [1.82, 2.24) is 15.2 Å². The van der Waals surface area contributed by atoms with E-state index in [2.05, 4.69) is 48.2 Å². The zero-order valence-electron chi connectivity index (χ0n) is 10.1. The molecule has 0 amide bonds. The smallest absolute Gasteiger partial charge is 0.0271 e. The van der Waals surface area contributed by atoms with Crippen LogP contribution >= 0.6 is 0 Å². The van der Waals surface area contributed by atoms with Crippen LogP contribution < -0.4 is 5.32 Å². The number of nitrogens with zero attached hydrogens (tertiary/aromatic N) is 2. The maximum atomic E-state index is 4.02. The fraction of sp³-hybridized carbons (Fsp3) is 0.583. The van der Waals surface area contributed by atoms with Crippen molar-refractivity contribution in [2.45, 2.75) is 32.5 Å². The fourth-order valence-corrected chi connectivity index (χ4v) is 1.54. The van der Waals surface area contributed by atoms with Gasteiger partial charge in [-0.25, -0.2) is 0 Å². The average molecular weight is 207 g/mol. The highest BCUT2D eigenvalue weighted by Crippen LogP contribution is 2.07. The number of likely N-dealkylation sites (N-methyl/N-ethyl adjacent to an activating group) is 2. The van der Waals surface area contributed by atoms with E-state index in [1.165, 1.54) is 5.56 Å². The maximum Gasteiger partial charge on any atom is 0.0271 e. The molecule has 84 valence electrons. The van der Waals surface area contributed by atoms with Gasteiger partial charge in [-0.1, -0.05) is 0 Å². The van der Waals surface area contributed by atoms with Gasteiger partial charge in [0.05, 0.1) is 0 Å². The number of aromatic nitrogens is 1. The Hall–Kier alpha value is -0.930. The van der Waals surface area contributed by atoms with Gasteiger partial charge in [0.1, 0.15) is 0 Å². The molecule has 3 nitrogen and oxygen atoms in total. The molecule has 1 aromatic heterocycles. The molecule has 0 saturated carbocycles. The van der Waals surface area contributed by atoms with Crippen LogP contribution in [0, 0.1) is 0 Å². The molecule has 1 N–H and O–H groups in total. The molecular formula is C12H21N3. The zero-order chi connectivity index (χ0) is 11.3. The quantitative estimate of drug-likeness (QED) is 0.793. The minimum absolute atomic E-state index is 0.497. The van der Waals surface area contributed by atoms with Crippen molar-refractivity contribution in [3.8, 4) is 0 Å². The van der Waals surface area contributed by atoms with Gasteiger partial charge in [-0.3, -0.25) is 9.88 Å². The summed E-state index contributed by atoms with van der Waals surface area (Å²) in [5.41, 5.74) is 1.31. The van der Waals surface area contributed by atoms with E-state index < -0.39 is 0 Å². The zero-order valence-corrected chi connectivity index (χ0v) is 10.1. The normalized spacial score (nSPS) is 15.3. The first kappa shape index (κ1) is 12.1. The van der Waals surface area contributed by atoms with Crippen LogP contribution in [0.1, 0.15) is 19.4 Å². The molecule has 2 atom stereocenters. The van der Waals surface area contributed by atoms with E-state index >= 15 is 0 Å². The predicted molar refractivity (Wildman–Crippen MR) is 63.7 cm³/mol. The molecule has 1 rings (SSSR count). The highest BCUT2D eigenvalue weighted by molar-refractivity contribution is 5.09. The molecule has 1 aromatic rings. The summed E-state index contributed by atoms with van der Waals surface area (Å²) < 4.78 is 0. The average Bonchev–Trinajstić information content (AvgIpc) is 2.28. The first-order valence-corrected chi connectivity index (χ1v) is 5.41. The number of nitrogens with one attached hydrogen (secondary N) is 1. The molecular weight excluding hydrogens is 186 g/mol. The largest absolute Gasteiger partial charge is 0.316 e. The van der Waals surface area contributed by atoms with Crippen molar-refractivity contribution in [3.63, 3.8) is 0 Å². The summed E-state index contributed by atoms with van der Waals surface area (Å²) in [4.78, 5) is 6.36. The summed E-state index contributed by atoms with van der Waals surface area (Å²) in [6.45, 7) is 5.41. The van der Waals surface area contributed by atoms with Gasteiger partial charge in [-0.15, -0.1) is 0 Å². The Morgan fingerprint density at radius 1 is 1.33 bits per heavy atom. The Labute approximate surface area is 92.5 Å². The maximum absolute atomic E-state index is 4.02. The van der Waals surface area contributed by atoms with Crippen molar-refractivity contribution >= 4 is 0 Å². The van der Waals surface area contributed by atoms with Crippen molar-refractivity contribution in [3.05, 3.63) is 30.1 Å². The molecule has 1 heterocycles. The lowest BCUT2D eigenvalue weighted by Gasteiger charge is -2.29. The van der Waals surface area contributed by atoms with Gasteiger partial charge >= 0.3 is 0 Å². The molecule has 2 unspecified atom stereocenters. The van der Waals surface area contributed by atoms with E-state index in [9.17, 15) is 0 Å². The van der Waals surface area contributed by atoms with Crippen LogP contribution in [-0.4, -0.2) is 36.1 Å². The molecule has 0 aliphatic heterocycles. The summed E-state index contributed by atoms with van der Waals surface area (Å²) in [6, 6.07) is 5.14. The van der Waals surface area contributed by atoms with Crippen molar-refractivity contribution in [1.29, 1.82) is 0 Å². The Balaban J connectivity index is 2.52. The standard InChI is InChI=1S/C12H21N3/c1-10(13-3)11(2)15(4)9-12-5-7-14-8-6-12/h5-8,10-11,13H,9H2,1-4H3. The second-order valence-corrected chi connectivity index (χ2v) is 4.09. The summed E-state index contributed by atoms with van der Waals surface area (Å²) in [7, 11) is 4.15. The molecule has 0 aliphatic rings. The molecule has 0 aliphatic carbocycles. The monoisotopic (exact) mass is 207 g/mol. The molecule has 0 bridgehead atoms. The first-order chi connectivity index (χ1) is 7.15. The van der Waals surface area contributed by atoms with Crippen molar-refractivity contribution in [2.24, 2.45) is 0 Å². The molecule has 15 heavy (non-hydrogen) atoms. The molecule has 0 aromatic carbocycles. The van der Waals surface area contributed by atoms with E-state index in [-0.39, 0.29) is 0 Å². The van der Waals surface area contributed by atoms with Gasteiger partial charge in [-0.05, 0) is 45.6 Å². The minimum atomic E-state index is 0.497. The third kappa shape index (κ3) is 3.61. The lowest BCUT2D eigenvalue weighted by molar-refractivity contribution is 0.211. The third-order valence-electron chi connectivity index (χ3n) is 3.06. The first-order valence-electron chi connectivity index (χ1n) is 5.41. The number of pyridine rings is 1. The highest BCUT2D eigenvalue weighted by atomic mass is 15.1. The van der Waals surface area contributed by atoms with E-state index in [4.69, 9.17) is 0 Å². The Bertz CT molecular complexity index is 273. The van der Waals surface area contributed by atoms with Crippen LogP contribution in [0.4, 0.5) is 0 Å². The van der Waals surface area contributed by atoms with E-state index in [0.717, 1.165) is 6.54 Å². The van der Waals surface area contributed by atoms with Gasteiger partial charge in [0.2, 0.25) is 0 Å².